The minimum absolute atomic E-state index is 0.206. The van der Waals surface area contributed by atoms with Crippen molar-refractivity contribution in [2.24, 2.45) is 5.41 Å². The number of carbonyl (C=O) groups is 1. The predicted molar refractivity (Wildman–Crippen MR) is 145 cm³/mol. The fourth-order valence-corrected chi connectivity index (χ4v) is 6.21. The molecule has 2 saturated heterocycles. The van der Waals surface area contributed by atoms with Gasteiger partial charge in [0.15, 0.2) is 0 Å². The lowest BCUT2D eigenvalue weighted by atomic mass is 9.74. The molecular weight excluding hydrogens is 432 g/mol. The van der Waals surface area contributed by atoms with E-state index in [-0.39, 0.29) is 11.3 Å². The van der Waals surface area contributed by atoms with Gasteiger partial charge in [-0.2, -0.15) is 0 Å². The highest BCUT2D eigenvalue weighted by Crippen LogP contribution is 2.36. The number of rotatable bonds is 8. The Kier molecular flexibility index (Phi) is 8.67. The monoisotopic (exact) mass is 476 g/mol. The molecule has 1 N–H and O–H groups in total. The summed E-state index contributed by atoms with van der Waals surface area (Å²) >= 11 is 0. The molecule has 0 radical (unpaired) electrons. The van der Waals surface area contributed by atoms with Crippen LogP contribution in [0.4, 0.5) is 0 Å². The first-order valence-corrected chi connectivity index (χ1v) is 13.7. The van der Waals surface area contributed by atoms with Crippen molar-refractivity contribution in [3.8, 4) is 11.1 Å². The van der Waals surface area contributed by atoms with Gasteiger partial charge < -0.3 is 10.1 Å². The van der Waals surface area contributed by atoms with Gasteiger partial charge in [0.05, 0.1) is 5.41 Å². The van der Waals surface area contributed by atoms with Crippen LogP contribution in [0.25, 0.3) is 11.1 Å². The summed E-state index contributed by atoms with van der Waals surface area (Å²) in [5, 5.41) is 3.32. The molecule has 0 unspecified atom stereocenters. The highest BCUT2D eigenvalue weighted by molar-refractivity contribution is 5.83. The van der Waals surface area contributed by atoms with Crippen LogP contribution < -0.4 is 5.32 Å². The maximum Gasteiger partial charge on any atom is 0.226 e. The second kappa shape index (κ2) is 11.7. The summed E-state index contributed by atoms with van der Waals surface area (Å²) in [6.45, 7) is 12.1. The summed E-state index contributed by atoms with van der Waals surface area (Å²) in [4.78, 5) is 16.2. The first-order chi connectivity index (χ1) is 16.9. The molecule has 0 aliphatic carbocycles. The Morgan fingerprint density at radius 3 is 2.37 bits per heavy atom. The second-order valence-corrected chi connectivity index (χ2v) is 11.1. The van der Waals surface area contributed by atoms with Crippen molar-refractivity contribution < 1.29 is 9.53 Å². The lowest BCUT2D eigenvalue weighted by Crippen LogP contribution is -2.47. The third-order valence-electron chi connectivity index (χ3n) is 8.21. The molecular formula is C31H44N2O2. The zero-order valence-electron chi connectivity index (χ0n) is 22.2. The van der Waals surface area contributed by atoms with E-state index in [4.69, 9.17) is 4.74 Å². The Morgan fingerprint density at radius 2 is 1.69 bits per heavy atom. The Balaban J connectivity index is 1.41. The van der Waals surface area contributed by atoms with Gasteiger partial charge in [0.2, 0.25) is 5.91 Å². The Hall–Kier alpha value is -2.17. The normalized spacial score (nSPS) is 22.6. The van der Waals surface area contributed by atoms with E-state index in [0.29, 0.717) is 25.3 Å². The van der Waals surface area contributed by atoms with Crippen LogP contribution in [0.5, 0.6) is 0 Å². The number of ether oxygens (including phenoxy) is 1. The van der Waals surface area contributed by atoms with Crippen molar-refractivity contribution >= 4 is 5.91 Å². The smallest absolute Gasteiger partial charge is 0.226 e. The van der Waals surface area contributed by atoms with E-state index < -0.39 is 0 Å². The number of nitrogens with one attached hydrogen (secondary N) is 1. The third-order valence-corrected chi connectivity index (χ3v) is 8.21. The minimum Gasteiger partial charge on any atom is -0.381 e. The average molecular weight is 477 g/mol. The van der Waals surface area contributed by atoms with Crippen molar-refractivity contribution in [3.63, 3.8) is 0 Å². The maximum atomic E-state index is 13.6. The topological polar surface area (TPSA) is 41.6 Å². The number of likely N-dealkylation sites (tertiary alicyclic amines) is 1. The van der Waals surface area contributed by atoms with Gasteiger partial charge in [-0.15, -0.1) is 0 Å². The van der Waals surface area contributed by atoms with Crippen LogP contribution >= 0.6 is 0 Å². The van der Waals surface area contributed by atoms with Crippen molar-refractivity contribution in [2.45, 2.75) is 84.7 Å². The lowest BCUT2D eigenvalue weighted by molar-refractivity contribution is -0.136. The van der Waals surface area contributed by atoms with Gasteiger partial charge in [-0.1, -0.05) is 60.0 Å². The zero-order chi connectivity index (χ0) is 24.8. The Labute approximate surface area is 212 Å². The summed E-state index contributed by atoms with van der Waals surface area (Å²) in [5.74, 6) is 0.206. The number of nitrogens with zero attached hydrogens (tertiary/aromatic N) is 1. The van der Waals surface area contributed by atoms with Crippen LogP contribution in [0.1, 0.15) is 69.1 Å². The predicted octanol–water partition coefficient (Wildman–Crippen LogP) is 6.08. The number of carbonyl (C=O) groups excluding carboxylic acids is 1. The van der Waals surface area contributed by atoms with E-state index in [1.54, 1.807) is 0 Å². The third kappa shape index (κ3) is 6.54. The van der Waals surface area contributed by atoms with Gasteiger partial charge in [0, 0.05) is 38.4 Å². The first kappa shape index (κ1) is 25.9. The quantitative estimate of drug-likeness (QED) is 0.470. The van der Waals surface area contributed by atoms with Crippen molar-refractivity contribution in [3.05, 3.63) is 59.2 Å². The van der Waals surface area contributed by atoms with Crippen LogP contribution in [-0.4, -0.2) is 49.2 Å². The molecule has 190 valence electrons. The fourth-order valence-electron chi connectivity index (χ4n) is 6.21. The van der Waals surface area contributed by atoms with Crippen LogP contribution in [0.3, 0.4) is 0 Å². The number of hydrogen-bond donors (Lipinski definition) is 1. The van der Waals surface area contributed by atoms with Gasteiger partial charge in [-0.05, 0) is 82.9 Å². The molecule has 2 aromatic carbocycles. The molecule has 2 aliphatic heterocycles. The van der Waals surface area contributed by atoms with Gasteiger partial charge in [-0.25, -0.2) is 0 Å². The van der Waals surface area contributed by atoms with Crippen LogP contribution in [-0.2, 0) is 16.0 Å². The summed E-state index contributed by atoms with van der Waals surface area (Å²) in [5.41, 5.74) is 5.87. The van der Waals surface area contributed by atoms with E-state index in [1.807, 2.05) is 0 Å². The maximum absolute atomic E-state index is 13.6. The molecule has 2 aliphatic rings. The number of amides is 1. The number of benzene rings is 2. The molecule has 2 heterocycles. The molecule has 0 spiro atoms. The van der Waals surface area contributed by atoms with E-state index in [0.717, 1.165) is 38.8 Å². The number of aryl methyl sites for hydroxylation is 2. The van der Waals surface area contributed by atoms with E-state index in [1.165, 1.54) is 47.1 Å². The zero-order valence-corrected chi connectivity index (χ0v) is 22.2. The summed E-state index contributed by atoms with van der Waals surface area (Å²) < 4.78 is 5.67. The molecule has 2 aromatic rings. The molecule has 4 heteroatoms. The highest BCUT2D eigenvalue weighted by Gasteiger charge is 2.40. The lowest BCUT2D eigenvalue weighted by Gasteiger charge is -2.39. The molecule has 2 atom stereocenters. The molecule has 2 fully saturated rings. The summed E-state index contributed by atoms with van der Waals surface area (Å²) in [6, 6.07) is 16.8. The molecule has 0 aromatic heterocycles. The molecule has 0 saturated carbocycles. The van der Waals surface area contributed by atoms with Gasteiger partial charge >= 0.3 is 0 Å². The van der Waals surface area contributed by atoms with Crippen molar-refractivity contribution in [2.75, 3.05) is 26.3 Å². The SMILES string of the molecule is Cc1cc(C)cc(-c2cccc(CC3(C(=O)NCCCN4[C@H](C)CCC[C@H]4C)CCOCC3)c2)c1. The average Bonchev–Trinajstić information content (AvgIpc) is 2.83. The van der Waals surface area contributed by atoms with Crippen LogP contribution in [0.2, 0.25) is 0 Å². The van der Waals surface area contributed by atoms with Gasteiger partial charge in [0.1, 0.15) is 0 Å². The Bertz CT molecular complexity index is 965. The summed E-state index contributed by atoms with van der Waals surface area (Å²) in [7, 11) is 0. The number of piperidine rings is 1. The van der Waals surface area contributed by atoms with E-state index in [2.05, 4.69) is 80.4 Å². The van der Waals surface area contributed by atoms with Crippen LogP contribution in [0.15, 0.2) is 42.5 Å². The molecule has 4 nitrogen and oxygen atoms in total. The van der Waals surface area contributed by atoms with Crippen molar-refractivity contribution in [1.29, 1.82) is 0 Å². The first-order valence-electron chi connectivity index (χ1n) is 13.7. The number of hydrogen-bond acceptors (Lipinski definition) is 3. The molecule has 0 bridgehead atoms. The molecule has 1 amide bonds. The fraction of sp³-hybridized carbons (Fsp3) is 0.581. The van der Waals surface area contributed by atoms with E-state index >= 15 is 0 Å². The standard InChI is InChI=1S/C31H44N2O2/c1-23-18-24(2)20-29(19-23)28-11-6-10-27(21-28)22-31(12-16-35-17-13-31)30(34)32-14-7-15-33-25(3)8-5-9-26(33)4/h6,10-11,18-21,25-26H,5,7-9,12-17,22H2,1-4H3,(H,32,34)/t25-,26-/m1/s1. The minimum atomic E-state index is -0.384. The van der Waals surface area contributed by atoms with Gasteiger partial charge in [0.25, 0.3) is 0 Å². The van der Waals surface area contributed by atoms with Crippen LogP contribution in [0, 0.1) is 19.3 Å². The molecule has 4 rings (SSSR count). The van der Waals surface area contributed by atoms with E-state index in [9.17, 15) is 4.79 Å². The summed E-state index contributed by atoms with van der Waals surface area (Å²) in [6.07, 6.45) is 7.27. The van der Waals surface area contributed by atoms with Crippen molar-refractivity contribution in [1.82, 2.24) is 10.2 Å². The second-order valence-electron chi connectivity index (χ2n) is 11.1. The molecule has 35 heavy (non-hydrogen) atoms. The highest BCUT2D eigenvalue weighted by atomic mass is 16.5. The largest absolute Gasteiger partial charge is 0.381 e. The Morgan fingerprint density at radius 1 is 1.00 bits per heavy atom. The van der Waals surface area contributed by atoms with Gasteiger partial charge in [-0.3, -0.25) is 9.69 Å².